The van der Waals surface area contributed by atoms with E-state index in [-0.39, 0.29) is 23.2 Å². The Morgan fingerprint density at radius 2 is 2.12 bits per heavy atom. The summed E-state index contributed by atoms with van der Waals surface area (Å²) in [7, 11) is 0. The lowest BCUT2D eigenvalue weighted by Gasteiger charge is -2.48. The number of carbonyl (C=O) groups excluding carboxylic acids is 1. The molecule has 5 heteroatoms. The Kier molecular flexibility index (Phi) is 3.10. The van der Waals surface area contributed by atoms with Crippen molar-refractivity contribution in [2.24, 2.45) is 11.7 Å². The van der Waals surface area contributed by atoms with Crippen molar-refractivity contribution in [1.82, 2.24) is 0 Å². The maximum absolute atomic E-state index is 14.1. The van der Waals surface area contributed by atoms with Crippen LogP contribution in [0.15, 0.2) is 36.4 Å². The minimum Gasteiger partial charge on any atom is -0.490 e. The zero-order chi connectivity index (χ0) is 17.1. The van der Waals surface area contributed by atoms with Crippen molar-refractivity contribution in [3.05, 3.63) is 58.9 Å². The van der Waals surface area contributed by atoms with Gasteiger partial charge in [0.2, 0.25) is 5.91 Å². The highest BCUT2D eigenvalue weighted by atomic mass is 19.1. The fourth-order valence-electron chi connectivity index (χ4n) is 3.94. The minimum atomic E-state index is -0.442. The van der Waals surface area contributed by atoms with Crippen LogP contribution in [0.4, 0.5) is 10.1 Å². The van der Waals surface area contributed by atoms with Crippen molar-refractivity contribution in [3.63, 3.8) is 0 Å². The number of rotatable bonds is 1. The summed E-state index contributed by atoms with van der Waals surface area (Å²) in [4.78, 5) is 11.5. The summed E-state index contributed by atoms with van der Waals surface area (Å²) in [6.07, 6.45) is 0. The number of nitrogens with two attached hydrogens (primary N) is 1. The summed E-state index contributed by atoms with van der Waals surface area (Å²) in [6.45, 7) is 4.67. The SMILES string of the molecule is CC1(C)c2cc(C(N)=O)ccc2NC2c3cccc(F)c3OCC21. The second-order valence-corrected chi connectivity index (χ2v) is 7.04. The molecule has 0 fully saturated rings. The number of benzene rings is 2. The van der Waals surface area contributed by atoms with E-state index in [0.717, 1.165) is 16.8 Å². The Morgan fingerprint density at radius 3 is 2.88 bits per heavy atom. The Bertz CT molecular complexity index is 847. The van der Waals surface area contributed by atoms with E-state index in [1.807, 2.05) is 18.2 Å². The lowest BCUT2D eigenvalue weighted by molar-refractivity contribution is 0.0999. The van der Waals surface area contributed by atoms with Gasteiger partial charge in [0.05, 0.1) is 12.6 Å². The molecular formula is C19H19FN2O2. The quantitative estimate of drug-likeness (QED) is 0.844. The molecular weight excluding hydrogens is 307 g/mol. The molecule has 4 nitrogen and oxygen atoms in total. The first-order valence-corrected chi connectivity index (χ1v) is 8.01. The van der Waals surface area contributed by atoms with Gasteiger partial charge in [0.25, 0.3) is 0 Å². The third kappa shape index (κ3) is 2.00. The third-order valence-electron chi connectivity index (χ3n) is 5.38. The second kappa shape index (κ2) is 4.97. The van der Waals surface area contributed by atoms with Crippen LogP contribution >= 0.6 is 0 Å². The van der Waals surface area contributed by atoms with Crippen molar-refractivity contribution < 1.29 is 13.9 Å². The highest BCUT2D eigenvalue weighted by Crippen LogP contribution is 2.52. The summed E-state index contributed by atoms with van der Waals surface area (Å²) in [6, 6.07) is 10.4. The molecule has 2 heterocycles. The highest BCUT2D eigenvalue weighted by Gasteiger charge is 2.46. The Morgan fingerprint density at radius 1 is 1.33 bits per heavy atom. The first-order chi connectivity index (χ1) is 11.4. The van der Waals surface area contributed by atoms with Gasteiger partial charge in [-0.15, -0.1) is 0 Å². The number of para-hydroxylation sites is 1. The molecule has 4 rings (SSSR count). The van der Waals surface area contributed by atoms with E-state index in [4.69, 9.17) is 10.5 Å². The molecule has 0 aromatic heterocycles. The van der Waals surface area contributed by atoms with Crippen LogP contribution in [0.5, 0.6) is 5.75 Å². The molecule has 2 atom stereocenters. The smallest absolute Gasteiger partial charge is 0.248 e. The van der Waals surface area contributed by atoms with Crippen molar-refractivity contribution in [1.29, 1.82) is 0 Å². The topological polar surface area (TPSA) is 64.4 Å². The van der Waals surface area contributed by atoms with Gasteiger partial charge in [0, 0.05) is 28.1 Å². The van der Waals surface area contributed by atoms with Gasteiger partial charge in [-0.3, -0.25) is 4.79 Å². The van der Waals surface area contributed by atoms with Crippen LogP contribution in [0.1, 0.15) is 41.4 Å². The zero-order valence-electron chi connectivity index (χ0n) is 13.6. The molecule has 2 aromatic rings. The second-order valence-electron chi connectivity index (χ2n) is 7.04. The molecule has 3 N–H and O–H groups in total. The highest BCUT2D eigenvalue weighted by molar-refractivity contribution is 5.93. The van der Waals surface area contributed by atoms with E-state index in [0.29, 0.717) is 17.9 Å². The number of anilines is 1. The fourth-order valence-corrected chi connectivity index (χ4v) is 3.94. The van der Waals surface area contributed by atoms with E-state index < -0.39 is 5.91 Å². The number of nitrogens with one attached hydrogen (secondary N) is 1. The number of halogens is 1. The van der Waals surface area contributed by atoms with Crippen LogP contribution in [-0.2, 0) is 5.41 Å². The standard InChI is InChI=1S/C19H19FN2O2/c1-19(2)12-8-10(18(21)23)6-7-15(12)22-16-11-4-3-5-14(20)17(11)24-9-13(16)19/h3-8,13,16,22H,9H2,1-2H3,(H2,21,23). The van der Waals surface area contributed by atoms with Crippen molar-refractivity contribution in [3.8, 4) is 5.75 Å². The summed E-state index contributed by atoms with van der Waals surface area (Å²) in [5.41, 5.74) is 8.48. The van der Waals surface area contributed by atoms with E-state index >= 15 is 0 Å². The van der Waals surface area contributed by atoms with E-state index in [2.05, 4.69) is 19.2 Å². The van der Waals surface area contributed by atoms with Crippen LogP contribution in [0, 0.1) is 11.7 Å². The number of primary amides is 1. The molecule has 24 heavy (non-hydrogen) atoms. The Balaban J connectivity index is 1.86. The molecule has 0 saturated heterocycles. The number of carbonyl (C=O) groups is 1. The van der Waals surface area contributed by atoms with Crippen molar-refractivity contribution in [2.45, 2.75) is 25.3 Å². The van der Waals surface area contributed by atoms with Gasteiger partial charge in [0.15, 0.2) is 11.6 Å². The number of hydrogen-bond donors (Lipinski definition) is 2. The number of fused-ring (bicyclic) bond motifs is 4. The lowest BCUT2D eigenvalue weighted by Crippen LogP contribution is -2.46. The normalized spacial score (nSPS) is 23.1. The summed E-state index contributed by atoms with van der Waals surface area (Å²) in [5.74, 6) is -0.329. The molecule has 0 radical (unpaired) electrons. The van der Waals surface area contributed by atoms with Gasteiger partial charge >= 0.3 is 0 Å². The zero-order valence-corrected chi connectivity index (χ0v) is 13.6. The summed E-state index contributed by atoms with van der Waals surface area (Å²) < 4.78 is 19.8. The number of ether oxygens (including phenoxy) is 1. The van der Waals surface area contributed by atoms with E-state index in [1.54, 1.807) is 12.1 Å². The van der Waals surface area contributed by atoms with Gasteiger partial charge in [0.1, 0.15) is 0 Å². The molecule has 2 aliphatic heterocycles. The van der Waals surface area contributed by atoms with Crippen LogP contribution in [0.3, 0.4) is 0 Å². The molecule has 2 aromatic carbocycles. The summed E-state index contributed by atoms with van der Waals surface area (Å²) in [5, 5.41) is 3.51. The van der Waals surface area contributed by atoms with Gasteiger partial charge in [-0.05, 0) is 29.8 Å². The molecule has 2 unspecified atom stereocenters. The van der Waals surface area contributed by atoms with Crippen molar-refractivity contribution >= 4 is 11.6 Å². The average molecular weight is 326 g/mol. The van der Waals surface area contributed by atoms with E-state index in [1.165, 1.54) is 6.07 Å². The first kappa shape index (κ1) is 15.0. The fraction of sp³-hybridized carbons (Fsp3) is 0.316. The van der Waals surface area contributed by atoms with Crippen LogP contribution < -0.4 is 15.8 Å². The largest absolute Gasteiger partial charge is 0.490 e. The molecule has 0 bridgehead atoms. The third-order valence-corrected chi connectivity index (χ3v) is 5.38. The molecule has 1 amide bonds. The van der Waals surface area contributed by atoms with Crippen LogP contribution in [0.2, 0.25) is 0 Å². The Labute approximate surface area is 139 Å². The predicted octanol–water partition coefficient (Wildman–Crippen LogP) is 3.38. The van der Waals surface area contributed by atoms with Crippen LogP contribution in [0.25, 0.3) is 0 Å². The van der Waals surface area contributed by atoms with Gasteiger partial charge in [-0.2, -0.15) is 0 Å². The first-order valence-electron chi connectivity index (χ1n) is 8.01. The predicted molar refractivity (Wildman–Crippen MR) is 89.7 cm³/mol. The molecule has 0 spiro atoms. The van der Waals surface area contributed by atoms with E-state index in [9.17, 15) is 9.18 Å². The van der Waals surface area contributed by atoms with Gasteiger partial charge < -0.3 is 15.8 Å². The number of amides is 1. The van der Waals surface area contributed by atoms with Gasteiger partial charge in [-0.25, -0.2) is 4.39 Å². The summed E-state index contributed by atoms with van der Waals surface area (Å²) >= 11 is 0. The van der Waals surface area contributed by atoms with Crippen LogP contribution in [-0.4, -0.2) is 12.5 Å². The lowest BCUT2D eigenvalue weighted by atomic mass is 9.65. The molecule has 0 aliphatic carbocycles. The number of hydrogen-bond acceptors (Lipinski definition) is 3. The molecule has 0 saturated carbocycles. The molecule has 124 valence electrons. The maximum Gasteiger partial charge on any atom is 0.248 e. The average Bonchev–Trinajstić information content (AvgIpc) is 2.55. The maximum atomic E-state index is 14.1. The van der Waals surface area contributed by atoms with Gasteiger partial charge in [-0.1, -0.05) is 26.0 Å². The monoisotopic (exact) mass is 326 g/mol. The minimum absolute atomic E-state index is 0.0358. The molecule has 2 aliphatic rings. The Hall–Kier alpha value is -2.56. The van der Waals surface area contributed by atoms with Crippen molar-refractivity contribution in [2.75, 3.05) is 11.9 Å².